The molecule has 18 heavy (non-hydrogen) atoms. The molecule has 0 aliphatic carbocycles. The predicted molar refractivity (Wildman–Crippen MR) is 84.8 cm³/mol. The highest BCUT2D eigenvalue weighted by Crippen LogP contribution is 2.00. The molecule has 0 aliphatic heterocycles. The van der Waals surface area contributed by atoms with Crippen LogP contribution in [0.1, 0.15) is 65.2 Å². The molecule has 0 heterocycles. The molecule has 0 aromatic rings. The smallest absolute Gasteiger partial charge is 0.0169 e. The maximum Gasteiger partial charge on any atom is -0.0169 e. The first-order valence-electron chi connectivity index (χ1n) is 7.51. The summed E-state index contributed by atoms with van der Waals surface area (Å²) in [6.07, 6.45) is 27.6. The van der Waals surface area contributed by atoms with E-state index in [1.807, 2.05) is 0 Å². The Kier molecular flexibility index (Phi) is 15.0. The van der Waals surface area contributed by atoms with Gasteiger partial charge in [-0.3, -0.25) is 0 Å². The van der Waals surface area contributed by atoms with Gasteiger partial charge in [0.05, 0.1) is 0 Å². The van der Waals surface area contributed by atoms with Crippen molar-refractivity contribution in [3.05, 3.63) is 48.6 Å². The van der Waals surface area contributed by atoms with Gasteiger partial charge in [0.1, 0.15) is 0 Å². The van der Waals surface area contributed by atoms with Crippen LogP contribution in [0.15, 0.2) is 48.6 Å². The van der Waals surface area contributed by atoms with Gasteiger partial charge in [0.2, 0.25) is 0 Å². The van der Waals surface area contributed by atoms with Crippen LogP contribution in [0.25, 0.3) is 0 Å². The van der Waals surface area contributed by atoms with Crippen molar-refractivity contribution >= 4 is 0 Å². The van der Waals surface area contributed by atoms with E-state index in [1.54, 1.807) is 0 Å². The minimum absolute atomic E-state index is 1.06. The van der Waals surface area contributed by atoms with Crippen LogP contribution < -0.4 is 0 Å². The first-order valence-corrected chi connectivity index (χ1v) is 7.51. The Bertz CT molecular complexity index is 253. The molecule has 0 fully saturated rings. The van der Waals surface area contributed by atoms with Crippen molar-refractivity contribution in [2.75, 3.05) is 0 Å². The highest BCUT2D eigenvalue weighted by Gasteiger charge is 1.80. The zero-order chi connectivity index (χ0) is 13.3. The molecule has 0 aromatic heterocycles. The number of unbranched alkanes of at least 4 members (excludes halogenated alkanes) is 3. The third kappa shape index (κ3) is 15.0. The summed E-state index contributed by atoms with van der Waals surface area (Å²) in [5, 5.41) is 0. The van der Waals surface area contributed by atoms with Crippen molar-refractivity contribution in [1.29, 1.82) is 0 Å². The Balaban J connectivity index is 3.34. The van der Waals surface area contributed by atoms with Gasteiger partial charge in [-0.2, -0.15) is 0 Å². The van der Waals surface area contributed by atoms with Crippen LogP contribution in [0.4, 0.5) is 0 Å². The topological polar surface area (TPSA) is 0 Å². The van der Waals surface area contributed by atoms with Gasteiger partial charge in [0.25, 0.3) is 0 Å². The normalized spacial score (nSPS) is 12.8. The van der Waals surface area contributed by atoms with Crippen LogP contribution in [0, 0.1) is 0 Å². The fourth-order valence-electron chi connectivity index (χ4n) is 1.61. The Morgan fingerprint density at radius 3 is 1.56 bits per heavy atom. The average molecular weight is 246 g/mol. The van der Waals surface area contributed by atoms with Crippen LogP contribution >= 0.6 is 0 Å². The first-order chi connectivity index (χ1) is 8.91. The molecule has 0 N–H and O–H groups in total. The van der Waals surface area contributed by atoms with E-state index < -0.39 is 0 Å². The van der Waals surface area contributed by atoms with Crippen LogP contribution in [-0.2, 0) is 0 Å². The average Bonchev–Trinajstić information content (AvgIpc) is 2.39. The molecule has 0 unspecified atom stereocenters. The lowest BCUT2D eigenvalue weighted by atomic mass is 10.2. The Labute approximate surface area is 114 Å². The molecule has 0 saturated heterocycles. The third-order valence-electron chi connectivity index (χ3n) is 2.69. The molecule has 0 amide bonds. The van der Waals surface area contributed by atoms with Gasteiger partial charge in [0.15, 0.2) is 0 Å². The van der Waals surface area contributed by atoms with Crippen molar-refractivity contribution in [3.63, 3.8) is 0 Å². The molecule has 0 rings (SSSR count). The van der Waals surface area contributed by atoms with E-state index in [4.69, 9.17) is 0 Å². The molecule has 0 spiro atoms. The lowest BCUT2D eigenvalue weighted by Gasteiger charge is -1.90. The quantitative estimate of drug-likeness (QED) is 0.293. The monoisotopic (exact) mass is 246 g/mol. The summed E-state index contributed by atoms with van der Waals surface area (Å²) in [5.41, 5.74) is 0. The minimum Gasteiger partial charge on any atom is -0.0885 e. The fourth-order valence-corrected chi connectivity index (χ4v) is 1.61. The standard InChI is InChI=1S/C18H30/c1-3-5-7-9-11-13-15-17-18-16-14-12-10-8-6-4-2/h5,7,11-14,17-18H,3-4,6,8-10,15-16H2,1-2H3/b7-5+,13-11+,14-12+,18-17+. The SMILES string of the molecule is CC/C=C/C/C=C/C/C=C/C/C=C/CCCCC. The zero-order valence-corrected chi connectivity index (χ0v) is 12.3. The van der Waals surface area contributed by atoms with Crippen molar-refractivity contribution in [3.8, 4) is 0 Å². The Morgan fingerprint density at radius 2 is 1.06 bits per heavy atom. The molecule has 0 nitrogen and oxygen atoms in total. The molecule has 102 valence electrons. The van der Waals surface area contributed by atoms with Crippen LogP contribution in [-0.4, -0.2) is 0 Å². The van der Waals surface area contributed by atoms with Crippen molar-refractivity contribution in [2.24, 2.45) is 0 Å². The van der Waals surface area contributed by atoms with Gasteiger partial charge >= 0.3 is 0 Å². The summed E-state index contributed by atoms with van der Waals surface area (Å²) in [6, 6.07) is 0. The number of hydrogen-bond donors (Lipinski definition) is 0. The second-order valence-corrected chi connectivity index (χ2v) is 4.50. The first kappa shape index (κ1) is 17.0. The third-order valence-corrected chi connectivity index (χ3v) is 2.69. The van der Waals surface area contributed by atoms with Crippen LogP contribution in [0.3, 0.4) is 0 Å². The van der Waals surface area contributed by atoms with Crippen LogP contribution in [0.5, 0.6) is 0 Å². The lowest BCUT2D eigenvalue weighted by Crippen LogP contribution is -1.70. The van der Waals surface area contributed by atoms with E-state index in [9.17, 15) is 0 Å². The zero-order valence-electron chi connectivity index (χ0n) is 12.3. The molecular weight excluding hydrogens is 216 g/mol. The molecule has 0 heteroatoms. The second kappa shape index (κ2) is 16.0. The highest BCUT2D eigenvalue weighted by molar-refractivity contribution is 4.99. The second-order valence-electron chi connectivity index (χ2n) is 4.50. The summed E-state index contributed by atoms with van der Waals surface area (Å²) >= 11 is 0. The van der Waals surface area contributed by atoms with Crippen molar-refractivity contribution in [1.82, 2.24) is 0 Å². The summed E-state index contributed by atoms with van der Waals surface area (Å²) in [7, 11) is 0. The largest absolute Gasteiger partial charge is 0.0885 e. The van der Waals surface area contributed by atoms with Gasteiger partial charge in [-0.15, -0.1) is 0 Å². The molecule has 0 atom stereocenters. The Morgan fingerprint density at radius 1 is 0.556 bits per heavy atom. The summed E-state index contributed by atoms with van der Waals surface area (Å²) in [4.78, 5) is 0. The molecule has 0 saturated carbocycles. The van der Waals surface area contributed by atoms with Gasteiger partial charge in [-0.25, -0.2) is 0 Å². The van der Waals surface area contributed by atoms with E-state index in [0.29, 0.717) is 0 Å². The van der Waals surface area contributed by atoms with E-state index >= 15 is 0 Å². The lowest BCUT2D eigenvalue weighted by molar-refractivity contribution is 0.728. The van der Waals surface area contributed by atoms with Gasteiger partial charge < -0.3 is 0 Å². The van der Waals surface area contributed by atoms with E-state index in [1.165, 1.54) is 25.7 Å². The maximum atomic E-state index is 2.31. The molecular formula is C18H30. The van der Waals surface area contributed by atoms with E-state index in [0.717, 1.165) is 25.7 Å². The van der Waals surface area contributed by atoms with E-state index in [-0.39, 0.29) is 0 Å². The van der Waals surface area contributed by atoms with Gasteiger partial charge in [0, 0.05) is 0 Å². The van der Waals surface area contributed by atoms with Crippen molar-refractivity contribution < 1.29 is 0 Å². The van der Waals surface area contributed by atoms with Crippen molar-refractivity contribution in [2.45, 2.75) is 65.2 Å². The highest BCUT2D eigenvalue weighted by atomic mass is 13.9. The fraction of sp³-hybridized carbons (Fsp3) is 0.556. The number of hydrogen-bond acceptors (Lipinski definition) is 0. The summed E-state index contributed by atoms with van der Waals surface area (Å²) < 4.78 is 0. The summed E-state index contributed by atoms with van der Waals surface area (Å²) in [6.45, 7) is 4.41. The van der Waals surface area contributed by atoms with Crippen LogP contribution in [0.2, 0.25) is 0 Å². The van der Waals surface area contributed by atoms with E-state index in [2.05, 4.69) is 62.5 Å². The predicted octanol–water partition coefficient (Wildman–Crippen LogP) is 6.37. The number of rotatable bonds is 11. The maximum absolute atomic E-state index is 2.31. The minimum atomic E-state index is 1.06. The molecule has 0 aromatic carbocycles. The van der Waals surface area contributed by atoms with Gasteiger partial charge in [-0.05, 0) is 38.5 Å². The molecule has 0 radical (unpaired) electrons. The number of allylic oxidation sites excluding steroid dienone is 8. The van der Waals surface area contributed by atoms with Gasteiger partial charge in [-0.1, -0.05) is 75.3 Å². The molecule has 0 bridgehead atoms. The molecule has 0 aliphatic rings. The summed E-state index contributed by atoms with van der Waals surface area (Å²) in [5.74, 6) is 0. The Hall–Kier alpha value is -1.04.